The fourth-order valence-electron chi connectivity index (χ4n) is 2.88. The van der Waals surface area contributed by atoms with Crippen LogP contribution in [0.25, 0.3) is 0 Å². The number of hydrazone groups is 1. The third kappa shape index (κ3) is 4.04. The first-order chi connectivity index (χ1) is 13.6. The number of fused-ring (bicyclic) bond motifs is 1. The fraction of sp³-hybridized carbons (Fsp3) is 0.263. The Morgan fingerprint density at radius 3 is 2.46 bits per heavy atom. The maximum absolute atomic E-state index is 12.5. The second kappa shape index (κ2) is 8.66. The summed E-state index contributed by atoms with van der Waals surface area (Å²) in [6.07, 6.45) is 0.670. The third-order valence-corrected chi connectivity index (χ3v) is 4.34. The normalized spacial score (nSPS) is 13.4. The lowest BCUT2D eigenvalue weighted by molar-refractivity contribution is -0.131. The summed E-state index contributed by atoms with van der Waals surface area (Å²) < 4.78 is 26.6. The average Bonchev–Trinajstić information content (AvgIpc) is 3.17. The summed E-state index contributed by atoms with van der Waals surface area (Å²) in [5.41, 5.74) is 4.73. The van der Waals surface area contributed by atoms with E-state index in [0.29, 0.717) is 28.6 Å². The Morgan fingerprint density at radius 1 is 1.14 bits per heavy atom. The van der Waals surface area contributed by atoms with Gasteiger partial charge < -0.3 is 23.7 Å². The van der Waals surface area contributed by atoms with E-state index >= 15 is 0 Å². The standard InChI is InChI=1S/C19H21BN2O6/c1-24-15-6-11(7-16(25-2)17(15)20)9-21-22-19(23)18(26-3)12-4-5-13-14(8-12)28-10-27-13/h4-9,18H,10,20H2,1-3H3,(H,22,23)/b21-9+. The van der Waals surface area contributed by atoms with E-state index in [1.54, 1.807) is 44.6 Å². The van der Waals surface area contributed by atoms with E-state index in [2.05, 4.69) is 10.5 Å². The Bertz CT molecular complexity index is 877. The van der Waals surface area contributed by atoms with Gasteiger partial charge in [0.15, 0.2) is 17.6 Å². The molecule has 0 spiro atoms. The number of nitrogens with zero attached hydrogens (tertiary/aromatic N) is 1. The molecule has 0 fully saturated rings. The van der Waals surface area contributed by atoms with Crippen LogP contribution in [-0.2, 0) is 9.53 Å². The molecule has 0 bridgehead atoms. The van der Waals surface area contributed by atoms with Crippen molar-refractivity contribution in [3.63, 3.8) is 0 Å². The van der Waals surface area contributed by atoms with Crippen molar-refractivity contribution in [2.45, 2.75) is 6.10 Å². The zero-order chi connectivity index (χ0) is 20.1. The molecule has 146 valence electrons. The second-order valence-electron chi connectivity index (χ2n) is 6.01. The number of hydrogen-bond donors (Lipinski definition) is 1. The van der Waals surface area contributed by atoms with E-state index in [1.165, 1.54) is 13.3 Å². The summed E-state index contributed by atoms with van der Waals surface area (Å²) in [5, 5.41) is 4.02. The van der Waals surface area contributed by atoms with Crippen molar-refractivity contribution in [3.05, 3.63) is 41.5 Å². The average molecular weight is 384 g/mol. The molecule has 28 heavy (non-hydrogen) atoms. The molecule has 0 aliphatic carbocycles. The van der Waals surface area contributed by atoms with Crippen LogP contribution in [0, 0.1) is 0 Å². The van der Waals surface area contributed by atoms with Gasteiger partial charge in [-0.3, -0.25) is 4.79 Å². The van der Waals surface area contributed by atoms with Crippen LogP contribution in [0.2, 0.25) is 0 Å². The lowest BCUT2D eigenvalue weighted by Crippen LogP contribution is -2.26. The molecule has 1 atom stereocenters. The van der Waals surface area contributed by atoms with Gasteiger partial charge in [0.25, 0.3) is 5.91 Å². The minimum atomic E-state index is -0.839. The molecule has 0 radical (unpaired) electrons. The predicted octanol–water partition coefficient (Wildman–Crippen LogP) is 0.529. The molecule has 3 rings (SSSR count). The molecule has 0 saturated carbocycles. The first kappa shape index (κ1) is 19.6. The van der Waals surface area contributed by atoms with Crippen LogP contribution in [-0.4, -0.2) is 48.1 Å². The minimum absolute atomic E-state index is 0.163. The maximum Gasteiger partial charge on any atom is 0.273 e. The lowest BCUT2D eigenvalue weighted by atomic mass is 9.92. The molecule has 1 amide bonds. The molecule has 1 N–H and O–H groups in total. The molecule has 1 unspecified atom stereocenters. The van der Waals surface area contributed by atoms with Crippen LogP contribution >= 0.6 is 0 Å². The van der Waals surface area contributed by atoms with Gasteiger partial charge in [0.05, 0.1) is 20.4 Å². The van der Waals surface area contributed by atoms with Gasteiger partial charge in [0, 0.05) is 12.7 Å². The highest BCUT2D eigenvalue weighted by atomic mass is 16.7. The fourth-order valence-corrected chi connectivity index (χ4v) is 2.88. The smallest absolute Gasteiger partial charge is 0.273 e. The lowest BCUT2D eigenvalue weighted by Gasteiger charge is -2.14. The Labute approximate surface area is 163 Å². The molecule has 2 aromatic rings. The van der Waals surface area contributed by atoms with E-state index in [9.17, 15) is 4.79 Å². The Hall–Kier alpha value is -3.20. The number of benzene rings is 2. The van der Waals surface area contributed by atoms with E-state index in [1.807, 2.05) is 7.85 Å². The molecule has 1 aliphatic heterocycles. The quantitative estimate of drug-likeness (QED) is 0.426. The maximum atomic E-state index is 12.5. The van der Waals surface area contributed by atoms with Crippen molar-refractivity contribution < 1.29 is 28.5 Å². The van der Waals surface area contributed by atoms with Gasteiger partial charge in [-0.25, -0.2) is 5.43 Å². The predicted molar refractivity (Wildman–Crippen MR) is 106 cm³/mol. The first-order valence-electron chi connectivity index (χ1n) is 8.55. The highest BCUT2D eigenvalue weighted by Crippen LogP contribution is 2.34. The van der Waals surface area contributed by atoms with Crippen molar-refractivity contribution in [2.75, 3.05) is 28.1 Å². The number of ether oxygens (including phenoxy) is 5. The molecule has 0 aromatic heterocycles. The van der Waals surface area contributed by atoms with Gasteiger partial charge in [-0.05, 0) is 35.3 Å². The molecule has 2 aromatic carbocycles. The van der Waals surface area contributed by atoms with Gasteiger partial charge >= 0.3 is 0 Å². The van der Waals surface area contributed by atoms with Crippen molar-refractivity contribution in [1.29, 1.82) is 0 Å². The number of methoxy groups -OCH3 is 3. The minimum Gasteiger partial charge on any atom is -0.497 e. The summed E-state index contributed by atoms with van der Waals surface area (Å²) in [6.45, 7) is 0.163. The topological polar surface area (TPSA) is 87.6 Å². The van der Waals surface area contributed by atoms with E-state index in [4.69, 9.17) is 23.7 Å². The van der Waals surface area contributed by atoms with Crippen molar-refractivity contribution in [1.82, 2.24) is 5.43 Å². The van der Waals surface area contributed by atoms with Crippen molar-refractivity contribution in [2.24, 2.45) is 5.10 Å². The third-order valence-electron chi connectivity index (χ3n) is 4.34. The molecule has 9 heteroatoms. The molecule has 8 nitrogen and oxygen atoms in total. The number of amides is 1. The van der Waals surface area contributed by atoms with Gasteiger partial charge in [-0.1, -0.05) is 6.07 Å². The van der Waals surface area contributed by atoms with Crippen LogP contribution in [0.5, 0.6) is 23.0 Å². The number of hydrogen-bond acceptors (Lipinski definition) is 7. The second-order valence-corrected chi connectivity index (χ2v) is 6.01. The number of rotatable bonds is 7. The number of nitrogens with one attached hydrogen (secondary N) is 1. The molecular formula is C19H21BN2O6. The van der Waals surface area contributed by atoms with E-state index in [-0.39, 0.29) is 6.79 Å². The highest BCUT2D eigenvalue weighted by Gasteiger charge is 2.23. The van der Waals surface area contributed by atoms with Crippen molar-refractivity contribution in [3.8, 4) is 23.0 Å². The summed E-state index contributed by atoms with van der Waals surface area (Å²) in [5.74, 6) is 2.14. The SMILES string of the molecule is Bc1c(OC)cc(/C=N/NC(=O)C(OC)c2ccc3c(c2)OCO3)cc1OC. The monoisotopic (exact) mass is 384 g/mol. The zero-order valence-electron chi connectivity index (χ0n) is 16.1. The summed E-state index contributed by atoms with van der Waals surface area (Å²) in [4.78, 5) is 12.5. The van der Waals surface area contributed by atoms with Crippen molar-refractivity contribution >= 4 is 25.4 Å². The van der Waals surface area contributed by atoms with Crippen LogP contribution in [0.3, 0.4) is 0 Å². The molecular weight excluding hydrogens is 363 g/mol. The Balaban J connectivity index is 1.72. The van der Waals surface area contributed by atoms with Crippen LogP contribution in [0.4, 0.5) is 0 Å². The van der Waals surface area contributed by atoms with Crippen LogP contribution in [0.15, 0.2) is 35.4 Å². The number of carbonyl (C=O) groups excluding carboxylic acids is 1. The van der Waals surface area contributed by atoms with Crippen LogP contribution in [0.1, 0.15) is 17.2 Å². The van der Waals surface area contributed by atoms with Gasteiger partial charge in [-0.15, -0.1) is 0 Å². The number of carbonyl (C=O) groups is 1. The largest absolute Gasteiger partial charge is 0.497 e. The van der Waals surface area contributed by atoms with E-state index < -0.39 is 12.0 Å². The molecule has 1 aliphatic rings. The Kier molecular flexibility index (Phi) is 6.05. The molecule has 0 saturated heterocycles. The van der Waals surface area contributed by atoms with E-state index in [0.717, 1.165) is 11.0 Å². The summed E-state index contributed by atoms with van der Waals surface area (Å²) >= 11 is 0. The highest BCUT2D eigenvalue weighted by molar-refractivity contribution is 6.36. The van der Waals surface area contributed by atoms with Gasteiger partial charge in [0.1, 0.15) is 19.3 Å². The molecule has 1 heterocycles. The van der Waals surface area contributed by atoms with Crippen LogP contribution < -0.4 is 29.8 Å². The van der Waals surface area contributed by atoms with Gasteiger partial charge in [0.2, 0.25) is 6.79 Å². The zero-order valence-corrected chi connectivity index (χ0v) is 16.1. The first-order valence-corrected chi connectivity index (χ1v) is 8.55. The summed E-state index contributed by atoms with van der Waals surface area (Å²) in [7, 11) is 6.52. The Morgan fingerprint density at radius 2 is 1.82 bits per heavy atom. The summed E-state index contributed by atoms with van der Waals surface area (Å²) in [6, 6.07) is 8.82. The van der Waals surface area contributed by atoms with Gasteiger partial charge in [-0.2, -0.15) is 5.10 Å².